The Morgan fingerprint density at radius 1 is 1.07 bits per heavy atom. The highest BCUT2D eigenvalue weighted by Crippen LogP contribution is 2.26. The number of carbonyl (C=O) groups is 1. The maximum Gasteiger partial charge on any atom is 0.320 e. The van der Waals surface area contributed by atoms with Crippen molar-refractivity contribution in [2.45, 2.75) is 33.3 Å². The molecule has 1 unspecified atom stereocenters. The van der Waals surface area contributed by atoms with E-state index in [1.165, 1.54) is 0 Å². The Morgan fingerprint density at radius 2 is 1.70 bits per heavy atom. The molecule has 1 atom stereocenters. The molecule has 0 saturated carbocycles. The van der Waals surface area contributed by atoms with Gasteiger partial charge in [-0.2, -0.15) is 0 Å². The van der Waals surface area contributed by atoms with Crippen molar-refractivity contribution in [1.29, 1.82) is 0 Å². The molecule has 0 aliphatic heterocycles. The fourth-order valence-electron chi connectivity index (χ4n) is 2.48. The van der Waals surface area contributed by atoms with Gasteiger partial charge in [0.25, 0.3) is 0 Å². The van der Waals surface area contributed by atoms with Gasteiger partial charge in [0, 0.05) is 18.0 Å². The zero-order chi connectivity index (χ0) is 20.1. The Balaban J connectivity index is 0.00000176. The summed E-state index contributed by atoms with van der Waals surface area (Å²) in [5.41, 5.74) is 1.05. The minimum absolute atomic E-state index is 0.121. The van der Waals surface area contributed by atoms with E-state index >= 15 is 0 Å². The predicted molar refractivity (Wildman–Crippen MR) is 111 cm³/mol. The van der Waals surface area contributed by atoms with Gasteiger partial charge in [-0.15, -0.1) is 0 Å². The Labute approximate surface area is 168 Å². The molecule has 27 heavy (non-hydrogen) atoms. The minimum Gasteiger partial charge on any atom is -0.486 e. The molecule has 2 aromatic carbocycles. The molecule has 5 heteroatoms. The third-order valence-electron chi connectivity index (χ3n) is 3.74. The highest BCUT2D eigenvalue weighted by molar-refractivity contribution is 6.30. The Morgan fingerprint density at radius 3 is 2.30 bits per heavy atom. The number of nitrogens with zero attached hydrogens (tertiary/aromatic N) is 1. The number of likely N-dealkylation sites (N-methyl/N-ethyl adjacent to an activating group) is 1. The average Bonchev–Trinajstić information content (AvgIpc) is 2.68. The monoisotopic (exact) mass is 391 g/mol. The fraction of sp³-hybridized carbons (Fsp3) is 0.409. The van der Waals surface area contributed by atoms with Crippen LogP contribution in [0.3, 0.4) is 0 Å². The summed E-state index contributed by atoms with van der Waals surface area (Å²) in [5, 5.41) is 0.696. The van der Waals surface area contributed by atoms with Gasteiger partial charge in [0.1, 0.15) is 11.9 Å². The van der Waals surface area contributed by atoms with Gasteiger partial charge in [0.05, 0.1) is 13.2 Å². The van der Waals surface area contributed by atoms with E-state index in [0.29, 0.717) is 18.2 Å². The van der Waals surface area contributed by atoms with Crippen LogP contribution in [-0.4, -0.2) is 37.6 Å². The van der Waals surface area contributed by atoms with Gasteiger partial charge < -0.3 is 9.47 Å². The topological polar surface area (TPSA) is 38.8 Å². The molecule has 0 spiro atoms. The van der Waals surface area contributed by atoms with Crippen LogP contribution in [0.5, 0.6) is 5.75 Å². The first-order chi connectivity index (χ1) is 13.1. The van der Waals surface area contributed by atoms with Crippen LogP contribution in [0.1, 0.15) is 38.9 Å². The normalized spacial score (nSPS) is 11.3. The van der Waals surface area contributed by atoms with Crippen LogP contribution in [0.25, 0.3) is 0 Å². The molecule has 148 valence electrons. The molecule has 0 aliphatic carbocycles. The molecule has 2 aromatic rings. The van der Waals surface area contributed by atoms with E-state index in [9.17, 15) is 4.79 Å². The summed E-state index contributed by atoms with van der Waals surface area (Å²) in [4.78, 5) is 13.5. The van der Waals surface area contributed by atoms with Crippen LogP contribution >= 0.6 is 11.6 Å². The summed E-state index contributed by atoms with van der Waals surface area (Å²) < 4.78 is 11.1. The number of esters is 1. The van der Waals surface area contributed by atoms with E-state index < -0.39 is 0 Å². The Bertz CT molecular complexity index is 646. The first-order valence-electron chi connectivity index (χ1n) is 9.40. The molecule has 0 N–H and O–H groups in total. The summed E-state index contributed by atoms with van der Waals surface area (Å²) in [5.74, 6) is 0.604. The molecule has 0 aliphatic rings. The largest absolute Gasteiger partial charge is 0.486 e. The molecule has 0 bridgehead atoms. The summed E-state index contributed by atoms with van der Waals surface area (Å²) in [6, 6.07) is 17.4. The lowest BCUT2D eigenvalue weighted by Gasteiger charge is -2.23. The molecule has 0 saturated heterocycles. The fourth-order valence-corrected chi connectivity index (χ4v) is 2.60. The first-order valence-corrected chi connectivity index (χ1v) is 9.77. The summed E-state index contributed by atoms with van der Waals surface area (Å²) in [6.07, 6.45) is 0.621. The van der Waals surface area contributed by atoms with Gasteiger partial charge in [-0.1, -0.05) is 55.8 Å². The zero-order valence-electron chi connectivity index (χ0n) is 16.7. The second-order valence-corrected chi connectivity index (χ2v) is 6.24. The van der Waals surface area contributed by atoms with Gasteiger partial charge in [0.2, 0.25) is 0 Å². The lowest BCUT2D eigenvalue weighted by atomic mass is 10.1. The summed E-state index contributed by atoms with van der Waals surface area (Å²) in [6.45, 7) is 7.19. The van der Waals surface area contributed by atoms with Crippen LogP contribution < -0.4 is 4.74 Å². The van der Waals surface area contributed by atoms with Crippen LogP contribution in [0.15, 0.2) is 54.6 Å². The molecular weight excluding hydrogens is 362 g/mol. The van der Waals surface area contributed by atoms with Crippen molar-refractivity contribution in [3.05, 3.63) is 65.2 Å². The molecule has 0 radical (unpaired) electrons. The molecule has 0 heterocycles. The maximum absolute atomic E-state index is 11.6. The smallest absolute Gasteiger partial charge is 0.320 e. The first kappa shape index (κ1) is 23.0. The SMILES string of the molecule is CC.CCOC(=O)CN(C)CCC(Oc1ccccc1)c1ccc(Cl)cc1. The number of benzene rings is 2. The standard InChI is InChI=1S/C20H24ClNO3.C2H6/c1-3-24-20(23)15-22(2)14-13-19(16-9-11-17(21)12-10-16)25-18-7-5-4-6-8-18;1-2/h4-12,19H,3,13-15H2,1-2H3;1-2H3. The molecule has 0 fully saturated rings. The molecule has 2 rings (SSSR count). The van der Waals surface area contributed by atoms with Crippen molar-refractivity contribution in [3.8, 4) is 5.75 Å². The second-order valence-electron chi connectivity index (χ2n) is 5.80. The highest BCUT2D eigenvalue weighted by Gasteiger charge is 2.16. The van der Waals surface area contributed by atoms with Crippen LogP contribution in [0.2, 0.25) is 5.02 Å². The number of para-hydroxylation sites is 1. The third kappa shape index (κ3) is 8.94. The lowest BCUT2D eigenvalue weighted by Crippen LogP contribution is -2.29. The number of carbonyl (C=O) groups excluding carboxylic acids is 1. The molecule has 4 nitrogen and oxygen atoms in total. The van der Waals surface area contributed by atoms with Crippen molar-refractivity contribution < 1.29 is 14.3 Å². The van der Waals surface area contributed by atoms with Gasteiger partial charge in [-0.3, -0.25) is 9.69 Å². The van der Waals surface area contributed by atoms with Crippen molar-refractivity contribution in [1.82, 2.24) is 4.90 Å². The Kier molecular flexibility index (Phi) is 11.2. The van der Waals surface area contributed by atoms with E-state index in [2.05, 4.69) is 0 Å². The van der Waals surface area contributed by atoms with Crippen LogP contribution in [0.4, 0.5) is 0 Å². The van der Waals surface area contributed by atoms with Crippen molar-refractivity contribution in [2.75, 3.05) is 26.7 Å². The number of ether oxygens (including phenoxy) is 2. The lowest BCUT2D eigenvalue weighted by molar-refractivity contribution is -0.144. The highest BCUT2D eigenvalue weighted by atomic mass is 35.5. The van der Waals surface area contributed by atoms with E-state index in [-0.39, 0.29) is 18.6 Å². The second kappa shape index (κ2) is 13.2. The van der Waals surface area contributed by atoms with Gasteiger partial charge in [-0.25, -0.2) is 0 Å². The van der Waals surface area contributed by atoms with E-state index in [4.69, 9.17) is 21.1 Å². The summed E-state index contributed by atoms with van der Waals surface area (Å²) in [7, 11) is 1.90. The summed E-state index contributed by atoms with van der Waals surface area (Å²) >= 11 is 5.99. The van der Waals surface area contributed by atoms with Crippen LogP contribution in [-0.2, 0) is 9.53 Å². The molecule has 0 aromatic heterocycles. The minimum atomic E-state index is -0.211. The van der Waals surface area contributed by atoms with Gasteiger partial charge >= 0.3 is 5.97 Å². The van der Waals surface area contributed by atoms with E-state index in [0.717, 1.165) is 17.7 Å². The van der Waals surface area contributed by atoms with Crippen molar-refractivity contribution >= 4 is 17.6 Å². The van der Waals surface area contributed by atoms with Crippen molar-refractivity contribution in [2.24, 2.45) is 0 Å². The molecule has 0 amide bonds. The van der Waals surface area contributed by atoms with E-state index in [1.807, 2.05) is 87.3 Å². The Hall–Kier alpha value is -2.04. The maximum atomic E-state index is 11.6. The van der Waals surface area contributed by atoms with Gasteiger partial charge in [-0.05, 0) is 43.8 Å². The third-order valence-corrected chi connectivity index (χ3v) is 3.99. The average molecular weight is 392 g/mol. The predicted octanol–water partition coefficient (Wildman–Crippen LogP) is 5.37. The number of rotatable bonds is 9. The van der Waals surface area contributed by atoms with Crippen LogP contribution in [0, 0.1) is 0 Å². The van der Waals surface area contributed by atoms with Crippen molar-refractivity contribution in [3.63, 3.8) is 0 Å². The molecular formula is C22H30ClNO3. The van der Waals surface area contributed by atoms with E-state index in [1.54, 1.807) is 0 Å². The zero-order valence-corrected chi connectivity index (χ0v) is 17.4. The number of hydrogen-bond donors (Lipinski definition) is 0. The quantitative estimate of drug-likeness (QED) is 0.538. The van der Waals surface area contributed by atoms with Gasteiger partial charge in [0.15, 0.2) is 0 Å². The number of halogens is 1. The number of hydrogen-bond acceptors (Lipinski definition) is 4.